The van der Waals surface area contributed by atoms with E-state index in [0.29, 0.717) is 5.78 Å². The molecule has 0 amide bonds. The lowest BCUT2D eigenvalue weighted by Crippen LogP contribution is -2.34. The lowest BCUT2D eigenvalue weighted by Gasteiger charge is -2.25. The highest BCUT2D eigenvalue weighted by Gasteiger charge is 2.15. The highest BCUT2D eigenvalue weighted by atomic mass is 16.1. The lowest BCUT2D eigenvalue weighted by molar-refractivity contribution is -0.121. The zero-order valence-corrected chi connectivity index (χ0v) is 12.5. The second kappa shape index (κ2) is 6.33. The molecule has 0 radical (unpaired) electrons. The van der Waals surface area contributed by atoms with Crippen molar-refractivity contribution in [2.45, 2.75) is 46.5 Å². The van der Waals surface area contributed by atoms with Crippen LogP contribution in [0.3, 0.4) is 0 Å². The smallest absolute Gasteiger partial charge is 0.135 e. The largest absolute Gasteiger partial charge is 0.302 e. The predicted octanol–water partition coefficient (Wildman–Crippen LogP) is 3.21. The maximum Gasteiger partial charge on any atom is 0.135 e. The first-order chi connectivity index (χ1) is 9.06. The van der Waals surface area contributed by atoms with Crippen molar-refractivity contribution in [1.82, 2.24) is 4.90 Å². The number of ketones is 1. The molecule has 0 unspecified atom stereocenters. The summed E-state index contributed by atoms with van der Waals surface area (Å²) in [7, 11) is 0. The summed E-state index contributed by atoms with van der Waals surface area (Å²) in [5, 5.41) is 0. The zero-order valence-electron chi connectivity index (χ0n) is 12.5. The number of likely N-dealkylation sites (tertiary alicyclic amines) is 1. The van der Waals surface area contributed by atoms with Gasteiger partial charge in [-0.15, -0.1) is 0 Å². The Bertz CT molecular complexity index is 455. The number of carbonyl (C=O) groups excluding carboxylic acids is 1. The van der Waals surface area contributed by atoms with Gasteiger partial charge in [0.15, 0.2) is 0 Å². The van der Waals surface area contributed by atoms with Gasteiger partial charge < -0.3 is 4.90 Å². The van der Waals surface area contributed by atoms with E-state index in [4.69, 9.17) is 0 Å². The third-order valence-electron chi connectivity index (χ3n) is 4.29. The molecule has 1 aromatic rings. The average molecular weight is 259 g/mol. The second-order valence-electron chi connectivity index (χ2n) is 5.85. The van der Waals surface area contributed by atoms with Gasteiger partial charge in [-0.3, -0.25) is 4.79 Å². The first kappa shape index (κ1) is 14.3. The molecule has 1 aliphatic rings. The van der Waals surface area contributed by atoms with Crippen LogP contribution in [0, 0.1) is 20.8 Å². The molecule has 0 saturated carbocycles. The van der Waals surface area contributed by atoms with Gasteiger partial charge in [0.05, 0.1) is 0 Å². The zero-order chi connectivity index (χ0) is 13.8. The van der Waals surface area contributed by atoms with Crippen LogP contribution in [0.2, 0.25) is 0 Å². The van der Waals surface area contributed by atoms with Crippen molar-refractivity contribution in [3.63, 3.8) is 0 Å². The fourth-order valence-electron chi connectivity index (χ4n) is 2.81. The summed E-state index contributed by atoms with van der Waals surface area (Å²) in [5.74, 6) is 0.432. The van der Waals surface area contributed by atoms with E-state index in [1.807, 2.05) is 0 Å². The number of hydrogen-bond acceptors (Lipinski definition) is 2. The topological polar surface area (TPSA) is 20.3 Å². The number of Topliss-reactive ketones (excluding diaryl/α,β-unsaturated/α-hetero) is 1. The van der Waals surface area contributed by atoms with Gasteiger partial charge in [-0.25, -0.2) is 0 Å². The minimum atomic E-state index is 0.432. The van der Waals surface area contributed by atoms with Crippen molar-refractivity contribution in [1.29, 1.82) is 0 Å². The van der Waals surface area contributed by atoms with Crippen molar-refractivity contribution >= 4 is 5.78 Å². The third kappa shape index (κ3) is 3.90. The molecule has 0 atom stereocenters. The normalized spacial score (nSPS) is 16.9. The Labute approximate surface area is 116 Å². The lowest BCUT2D eigenvalue weighted by atomic mass is 9.97. The molecule has 0 aliphatic carbocycles. The molecule has 1 aliphatic heterocycles. The standard InChI is InChI=1S/C17H25NO/c1-13-11-15(3)16(12-14(13)2)5-4-8-18-9-6-17(19)7-10-18/h11-12H,4-10H2,1-3H3. The molecular weight excluding hydrogens is 234 g/mol. The van der Waals surface area contributed by atoms with Crippen molar-refractivity contribution in [2.24, 2.45) is 0 Å². The second-order valence-corrected chi connectivity index (χ2v) is 5.85. The Morgan fingerprint density at radius 3 is 2.32 bits per heavy atom. The molecule has 2 nitrogen and oxygen atoms in total. The van der Waals surface area contributed by atoms with Gasteiger partial charge in [0.1, 0.15) is 5.78 Å². The van der Waals surface area contributed by atoms with Crippen LogP contribution in [-0.4, -0.2) is 30.3 Å². The first-order valence-corrected chi connectivity index (χ1v) is 7.37. The Morgan fingerprint density at radius 2 is 1.63 bits per heavy atom. The predicted molar refractivity (Wildman–Crippen MR) is 79.7 cm³/mol. The summed E-state index contributed by atoms with van der Waals surface area (Å²) in [6.07, 6.45) is 3.85. The van der Waals surface area contributed by atoms with Crippen molar-refractivity contribution in [3.05, 3.63) is 34.4 Å². The molecule has 1 saturated heterocycles. The summed E-state index contributed by atoms with van der Waals surface area (Å²) >= 11 is 0. The SMILES string of the molecule is Cc1cc(C)c(CCCN2CCC(=O)CC2)cc1C. The van der Waals surface area contributed by atoms with E-state index in [1.165, 1.54) is 28.7 Å². The van der Waals surface area contributed by atoms with Crippen molar-refractivity contribution in [2.75, 3.05) is 19.6 Å². The van der Waals surface area contributed by atoms with Gasteiger partial charge in [0.25, 0.3) is 0 Å². The Balaban J connectivity index is 1.82. The number of aryl methyl sites for hydroxylation is 4. The van der Waals surface area contributed by atoms with Crippen LogP contribution in [0.4, 0.5) is 0 Å². The monoisotopic (exact) mass is 259 g/mol. The van der Waals surface area contributed by atoms with Gasteiger partial charge in [-0.2, -0.15) is 0 Å². The maximum absolute atomic E-state index is 11.2. The summed E-state index contributed by atoms with van der Waals surface area (Å²) in [6.45, 7) is 9.63. The van der Waals surface area contributed by atoms with Gasteiger partial charge in [-0.1, -0.05) is 12.1 Å². The number of carbonyl (C=O) groups is 1. The molecule has 1 fully saturated rings. The molecule has 0 aromatic heterocycles. The van der Waals surface area contributed by atoms with Gasteiger partial charge in [0.2, 0.25) is 0 Å². The van der Waals surface area contributed by atoms with Gasteiger partial charge in [0, 0.05) is 25.9 Å². The van der Waals surface area contributed by atoms with E-state index in [2.05, 4.69) is 37.8 Å². The first-order valence-electron chi connectivity index (χ1n) is 7.37. The summed E-state index contributed by atoms with van der Waals surface area (Å²) in [4.78, 5) is 13.6. The fraction of sp³-hybridized carbons (Fsp3) is 0.588. The average Bonchev–Trinajstić information content (AvgIpc) is 2.38. The van der Waals surface area contributed by atoms with Crippen LogP contribution >= 0.6 is 0 Å². The molecule has 104 valence electrons. The molecule has 19 heavy (non-hydrogen) atoms. The molecule has 0 spiro atoms. The van der Waals surface area contributed by atoms with Gasteiger partial charge in [-0.05, 0) is 62.4 Å². The van der Waals surface area contributed by atoms with E-state index < -0.39 is 0 Å². The molecule has 2 heteroatoms. The van der Waals surface area contributed by atoms with Crippen LogP contribution in [0.25, 0.3) is 0 Å². The third-order valence-corrected chi connectivity index (χ3v) is 4.29. The number of hydrogen-bond donors (Lipinski definition) is 0. The number of nitrogens with zero attached hydrogens (tertiary/aromatic N) is 1. The van der Waals surface area contributed by atoms with E-state index >= 15 is 0 Å². The van der Waals surface area contributed by atoms with Crippen molar-refractivity contribution < 1.29 is 4.79 Å². The summed E-state index contributed by atoms with van der Waals surface area (Å²) in [6, 6.07) is 4.63. The minimum Gasteiger partial charge on any atom is -0.302 e. The molecule has 0 N–H and O–H groups in total. The van der Waals surface area contributed by atoms with E-state index in [0.717, 1.165) is 38.9 Å². The molecule has 1 heterocycles. The Kier molecular flexibility index (Phi) is 4.76. The summed E-state index contributed by atoms with van der Waals surface area (Å²) in [5.41, 5.74) is 5.67. The molecular formula is C17H25NO. The van der Waals surface area contributed by atoms with Crippen LogP contribution in [-0.2, 0) is 11.2 Å². The van der Waals surface area contributed by atoms with E-state index in [9.17, 15) is 4.79 Å². The number of benzene rings is 1. The van der Waals surface area contributed by atoms with Crippen molar-refractivity contribution in [3.8, 4) is 0 Å². The molecule has 2 rings (SSSR count). The number of rotatable bonds is 4. The van der Waals surface area contributed by atoms with Crippen LogP contribution in [0.15, 0.2) is 12.1 Å². The maximum atomic E-state index is 11.2. The fourth-order valence-corrected chi connectivity index (χ4v) is 2.81. The minimum absolute atomic E-state index is 0.432. The Hall–Kier alpha value is -1.15. The highest BCUT2D eigenvalue weighted by molar-refractivity contribution is 5.79. The van der Waals surface area contributed by atoms with Crippen LogP contribution < -0.4 is 0 Å². The summed E-state index contributed by atoms with van der Waals surface area (Å²) < 4.78 is 0. The van der Waals surface area contributed by atoms with Crippen LogP contribution in [0.5, 0.6) is 0 Å². The Morgan fingerprint density at radius 1 is 1.00 bits per heavy atom. The van der Waals surface area contributed by atoms with Crippen LogP contribution in [0.1, 0.15) is 41.5 Å². The van der Waals surface area contributed by atoms with E-state index in [-0.39, 0.29) is 0 Å². The van der Waals surface area contributed by atoms with E-state index in [1.54, 1.807) is 0 Å². The quantitative estimate of drug-likeness (QED) is 0.827. The highest BCUT2D eigenvalue weighted by Crippen LogP contribution is 2.17. The molecule has 1 aromatic carbocycles. The van der Waals surface area contributed by atoms with Gasteiger partial charge >= 0.3 is 0 Å². The number of piperidine rings is 1. The molecule has 0 bridgehead atoms.